The highest BCUT2D eigenvalue weighted by Crippen LogP contribution is 2.25. The molecule has 0 aliphatic carbocycles. The minimum absolute atomic E-state index is 0.347. The Bertz CT molecular complexity index is 187. The first-order valence-corrected chi connectivity index (χ1v) is 5.31. The second-order valence-corrected chi connectivity index (χ2v) is 4.79. The molecule has 1 aliphatic heterocycles. The molecule has 0 spiro atoms. The van der Waals surface area contributed by atoms with Crippen LogP contribution in [-0.4, -0.2) is 23.4 Å². The smallest absolute Gasteiger partial charge is 0.223 e. The lowest BCUT2D eigenvalue weighted by Crippen LogP contribution is -2.53. The summed E-state index contributed by atoms with van der Waals surface area (Å²) in [7, 11) is 0. The van der Waals surface area contributed by atoms with Gasteiger partial charge in [-0.1, -0.05) is 27.7 Å². The lowest BCUT2D eigenvalue weighted by molar-refractivity contribution is -0.141. The summed E-state index contributed by atoms with van der Waals surface area (Å²) in [5, 5.41) is 0. The number of nitrogens with zero attached hydrogens (tertiary/aromatic N) is 1. The standard InChI is InChI=1S/C11H21NO/c1-8(2)7-11(13)12-6-5-10(12)9(3)4/h8-10H,5-7H2,1-4H3. The van der Waals surface area contributed by atoms with E-state index in [1.165, 1.54) is 6.42 Å². The largest absolute Gasteiger partial charge is 0.339 e. The van der Waals surface area contributed by atoms with Crippen molar-refractivity contribution in [2.24, 2.45) is 11.8 Å². The zero-order valence-electron chi connectivity index (χ0n) is 9.21. The first-order valence-electron chi connectivity index (χ1n) is 5.31. The molecule has 0 aromatic heterocycles. The maximum absolute atomic E-state index is 11.7. The molecule has 0 radical (unpaired) electrons. The van der Waals surface area contributed by atoms with Gasteiger partial charge in [-0.2, -0.15) is 0 Å². The van der Waals surface area contributed by atoms with Gasteiger partial charge in [0.15, 0.2) is 0 Å². The van der Waals surface area contributed by atoms with Crippen LogP contribution in [0.5, 0.6) is 0 Å². The second-order valence-electron chi connectivity index (χ2n) is 4.79. The van der Waals surface area contributed by atoms with E-state index in [4.69, 9.17) is 0 Å². The molecule has 0 N–H and O–H groups in total. The highest BCUT2D eigenvalue weighted by Gasteiger charge is 2.33. The van der Waals surface area contributed by atoms with E-state index in [0.717, 1.165) is 6.54 Å². The third-order valence-electron chi connectivity index (χ3n) is 2.74. The minimum Gasteiger partial charge on any atom is -0.339 e. The van der Waals surface area contributed by atoms with Crippen LogP contribution in [0.1, 0.15) is 40.5 Å². The molecule has 0 aromatic rings. The topological polar surface area (TPSA) is 20.3 Å². The van der Waals surface area contributed by atoms with Gasteiger partial charge < -0.3 is 4.90 Å². The number of rotatable bonds is 3. The molecule has 1 unspecified atom stereocenters. The Morgan fingerprint density at radius 3 is 2.31 bits per heavy atom. The molecule has 1 amide bonds. The van der Waals surface area contributed by atoms with Gasteiger partial charge in [0, 0.05) is 19.0 Å². The van der Waals surface area contributed by atoms with Crippen molar-refractivity contribution in [3.8, 4) is 0 Å². The van der Waals surface area contributed by atoms with E-state index in [1.807, 2.05) is 4.90 Å². The molecule has 2 nitrogen and oxygen atoms in total. The average molecular weight is 183 g/mol. The monoisotopic (exact) mass is 183 g/mol. The maximum Gasteiger partial charge on any atom is 0.223 e. The highest BCUT2D eigenvalue weighted by atomic mass is 16.2. The lowest BCUT2D eigenvalue weighted by Gasteiger charge is -2.44. The van der Waals surface area contributed by atoms with E-state index in [0.29, 0.717) is 30.2 Å². The number of carbonyl (C=O) groups excluding carboxylic acids is 1. The van der Waals surface area contributed by atoms with Gasteiger partial charge >= 0.3 is 0 Å². The molecule has 76 valence electrons. The number of hydrogen-bond donors (Lipinski definition) is 0. The molecule has 1 atom stereocenters. The molecular weight excluding hydrogens is 162 g/mol. The van der Waals surface area contributed by atoms with Gasteiger partial charge in [0.25, 0.3) is 0 Å². The molecule has 2 heteroatoms. The van der Waals surface area contributed by atoms with Gasteiger partial charge in [-0.25, -0.2) is 0 Å². The SMILES string of the molecule is CC(C)CC(=O)N1CCC1C(C)C. The van der Waals surface area contributed by atoms with E-state index in [-0.39, 0.29) is 0 Å². The van der Waals surface area contributed by atoms with Crippen LogP contribution in [0.15, 0.2) is 0 Å². The molecular formula is C11H21NO. The van der Waals surface area contributed by atoms with Crippen molar-refractivity contribution in [3.05, 3.63) is 0 Å². The van der Waals surface area contributed by atoms with Crippen molar-refractivity contribution < 1.29 is 4.79 Å². The van der Waals surface area contributed by atoms with Gasteiger partial charge in [0.2, 0.25) is 5.91 Å². The third kappa shape index (κ3) is 2.45. The number of likely N-dealkylation sites (tertiary alicyclic amines) is 1. The predicted molar refractivity (Wildman–Crippen MR) is 54.4 cm³/mol. The average Bonchev–Trinajstić information content (AvgIpc) is 1.79. The maximum atomic E-state index is 11.7. The zero-order valence-corrected chi connectivity index (χ0v) is 9.21. The van der Waals surface area contributed by atoms with E-state index >= 15 is 0 Å². The van der Waals surface area contributed by atoms with Gasteiger partial charge in [-0.05, 0) is 18.3 Å². The molecule has 1 saturated heterocycles. The molecule has 1 rings (SSSR count). The normalized spacial score (nSPS) is 22.3. The van der Waals surface area contributed by atoms with Crippen molar-refractivity contribution in [1.29, 1.82) is 0 Å². The third-order valence-corrected chi connectivity index (χ3v) is 2.74. The number of hydrogen-bond acceptors (Lipinski definition) is 1. The van der Waals surface area contributed by atoms with Crippen LogP contribution < -0.4 is 0 Å². The van der Waals surface area contributed by atoms with Crippen molar-refractivity contribution in [2.75, 3.05) is 6.54 Å². The molecule has 0 aromatic carbocycles. The zero-order chi connectivity index (χ0) is 10.0. The summed E-state index contributed by atoms with van der Waals surface area (Å²) >= 11 is 0. The fraction of sp³-hybridized carbons (Fsp3) is 0.909. The molecule has 1 fully saturated rings. The van der Waals surface area contributed by atoms with Crippen LogP contribution in [0, 0.1) is 11.8 Å². The Hall–Kier alpha value is -0.530. The van der Waals surface area contributed by atoms with Crippen molar-refractivity contribution in [1.82, 2.24) is 4.90 Å². The quantitative estimate of drug-likeness (QED) is 0.657. The Balaban J connectivity index is 2.40. The Labute approximate surface area is 81.3 Å². The Morgan fingerprint density at radius 1 is 1.38 bits per heavy atom. The summed E-state index contributed by atoms with van der Waals surface area (Å²) in [5.74, 6) is 1.45. The molecule has 0 bridgehead atoms. The first-order chi connectivity index (χ1) is 6.02. The fourth-order valence-corrected chi connectivity index (χ4v) is 1.88. The summed E-state index contributed by atoms with van der Waals surface area (Å²) in [4.78, 5) is 13.7. The van der Waals surface area contributed by atoms with Crippen LogP contribution in [0.4, 0.5) is 0 Å². The fourth-order valence-electron chi connectivity index (χ4n) is 1.88. The van der Waals surface area contributed by atoms with Crippen molar-refractivity contribution >= 4 is 5.91 Å². The van der Waals surface area contributed by atoms with E-state index in [2.05, 4.69) is 27.7 Å². The van der Waals surface area contributed by atoms with Crippen LogP contribution in [0.3, 0.4) is 0 Å². The number of carbonyl (C=O) groups is 1. The summed E-state index contributed by atoms with van der Waals surface area (Å²) in [6.07, 6.45) is 1.91. The molecule has 13 heavy (non-hydrogen) atoms. The van der Waals surface area contributed by atoms with Gasteiger partial charge in [-0.3, -0.25) is 4.79 Å². The van der Waals surface area contributed by atoms with Crippen LogP contribution >= 0.6 is 0 Å². The second kappa shape index (κ2) is 4.12. The van der Waals surface area contributed by atoms with Crippen molar-refractivity contribution in [2.45, 2.75) is 46.6 Å². The number of amides is 1. The summed E-state index contributed by atoms with van der Waals surface area (Å²) in [6, 6.07) is 0.520. The van der Waals surface area contributed by atoms with Gasteiger partial charge in [-0.15, -0.1) is 0 Å². The Morgan fingerprint density at radius 2 is 2.00 bits per heavy atom. The summed E-state index contributed by atoms with van der Waals surface area (Å²) < 4.78 is 0. The highest BCUT2D eigenvalue weighted by molar-refractivity contribution is 5.77. The lowest BCUT2D eigenvalue weighted by atomic mass is 9.91. The van der Waals surface area contributed by atoms with E-state index in [9.17, 15) is 4.79 Å². The predicted octanol–water partition coefficient (Wildman–Crippen LogP) is 2.29. The molecule has 1 heterocycles. The van der Waals surface area contributed by atoms with Crippen LogP contribution in [-0.2, 0) is 4.79 Å². The molecule has 1 aliphatic rings. The first kappa shape index (κ1) is 10.6. The summed E-state index contributed by atoms with van der Waals surface area (Å²) in [5.41, 5.74) is 0. The van der Waals surface area contributed by atoms with E-state index in [1.54, 1.807) is 0 Å². The molecule has 0 saturated carbocycles. The minimum atomic E-state index is 0.347. The van der Waals surface area contributed by atoms with Gasteiger partial charge in [0.05, 0.1) is 0 Å². The summed E-state index contributed by atoms with van der Waals surface area (Å²) in [6.45, 7) is 9.57. The van der Waals surface area contributed by atoms with E-state index < -0.39 is 0 Å². The van der Waals surface area contributed by atoms with Crippen LogP contribution in [0.2, 0.25) is 0 Å². The van der Waals surface area contributed by atoms with Crippen LogP contribution in [0.25, 0.3) is 0 Å². The van der Waals surface area contributed by atoms with Gasteiger partial charge in [0.1, 0.15) is 0 Å². The van der Waals surface area contributed by atoms with Crippen molar-refractivity contribution in [3.63, 3.8) is 0 Å². The Kier molecular flexibility index (Phi) is 3.34.